The summed E-state index contributed by atoms with van der Waals surface area (Å²) in [5, 5.41) is 0. The lowest BCUT2D eigenvalue weighted by molar-refractivity contribution is 0.0783. The molecule has 1 heterocycles. The van der Waals surface area contributed by atoms with Crippen molar-refractivity contribution in [2.24, 2.45) is 0 Å². The van der Waals surface area contributed by atoms with Crippen LogP contribution in [0.25, 0.3) is 0 Å². The van der Waals surface area contributed by atoms with Gasteiger partial charge < -0.3 is 4.90 Å². The first-order valence-corrected chi connectivity index (χ1v) is 4.85. The molecule has 0 aliphatic rings. The van der Waals surface area contributed by atoms with E-state index in [4.69, 9.17) is 6.42 Å². The van der Waals surface area contributed by atoms with Gasteiger partial charge in [0.1, 0.15) is 0 Å². The zero-order chi connectivity index (χ0) is 11.3. The Hall–Kier alpha value is -1.82. The predicted octanol–water partition coefficient (Wildman–Crippen LogP) is 1.49. The van der Waals surface area contributed by atoms with Gasteiger partial charge in [-0.1, -0.05) is 5.92 Å². The van der Waals surface area contributed by atoms with E-state index in [2.05, 4.69) is 10.9 Å². The third-order valence-electron chi connectivity index (χ3n) is 2.19. The zero-order valence-corrected chi connectivity index (χ0v) is 9.03. The highest BCUT2D eigenvalue weighted by molar-refractivity contribution is 5.95. The van der Waals surface area contributed by atoms with Crippen molar-refractivity contribution >= 4 is 5.91 Å². The molecular formula is C12H14N2O. The van der Waals surface area contributed by atoms with Crippen molar-refractivity contribution in [3.05, 3.63) is 29.6 Å². The Balaban J connectivity index is 2.94. The van der Waals surface area contributed by atoms with E-state index in [1.54, 1.807) is 23.2 Å². The summed E-state index contributed by atoms with van der Waals surface area (Å²) in [7, 11) is 0. The summed E-state index contributed by atoms with van der Waals surface area (Å²) < 4.78 is 0. The van der Waals surface area contributed by atoms with Gasteiger partial charge in [-0.05, 0) is 26.0 Å². The van der Waals surface area contributed by atoms with Crippen LogP contribution in [0.3, 0.4) is 0 Å². The predicted molar refractivity (Wildman–Crippen MR) is 59.4 cm³/mol. The molecular weight excluding hydrogens is 188 g/mol. The standard InChI is InChI=1S/C12H14N2O/c1-4-9-14(5-2)12(15)11-7-6-8-13-10(11)3/h1,6-8H,5,9H2,2-3H3. The third-order valence-corrected chi connectivity index (χ3v) is 2.19. The van der Waals surface area contributed by atoms with Crippen LogP contribution in [0.2, 0.25) is 0 Å². The molecule has 0 saturated carbocycles. The maximum absolute atomic E-state index is 12.0. The lowest BCUT2D eigenvalue weighted by atomic mass is 10.2. The molecule has 0 atom stereocenters. The second-order valence-electron chi connectivity index (χ2n) is 3.16. The van der Waals surface area contributed by atoms with Gasteiger partial charge in [0, 0.05) is 18.4 Å². The Morgan fingerprint density at radius 2 is 2.40 bits per heavy atom. The molecule has 0 saturated heterocycles. The van der Waals surface area contributed by atoms with Crippen LogP contribution < -0.4 is 0 Å². The molecule has 0 fully saturated rings. The highest BCUT2D eigenvalue weighted by atomic mass is 16.2. The van der Waals surface area contributed by atoms with Crippen molar-refractivity contribution in [3.8, 4) is 12.3 Å². The Kier molecular flexibility index (Phi) is 3.87. The van der Waals surface area contributed by atoms with Crippen LogP contribution in [0.5, 0.6) is 0 Å². The summed E-state index contributed by atoms with van der Waals surface area (Å²) in [5.74, 6) is 2.42. The van der Waals surface area contributed by atoms with Gasteiger partial charge in [-0.2, -0.15) is 0 Å². The summed E-state index contributed by atoms with van der Waals surface area (Å²) in [6.07, 6.45) is 6.87. The molecule has 0 aliphatic carbocycles. The van der Waals surface area contributed by atoms with Gasteiger partial charge in [0.15, 0.2) is 0 Å². The molecule has 1 rings (SSSR count). The largest absolute Gasteiger partial charge is 0.328 e. The highest BCUT2D eigenvalue weighted by Crippen LogP contribution is 2.07. The van der Waals surface area contributed by atoms with Crippen molar-refractivity contribution in [1.29, 1.82) is 0 Å². The van der Waals surface area contributed by atoms with Gasteiger partial charge >= 0.3 is 0 Å². The average molecular weight is 202 g/mol. The first-order chi connectivity index (χ1) is 7.20. The minimum absolute atomic E-state index is 0.0546. The lowest BCUT2D eigenvalue weighted by Gasteiger charge is -2.18. The molecule has 1 aromatic rings. The normalized spacial score (nSPS) is 9.40. The van der Waals surface area contributed by atoms with Crippen molar-refractivity contribution < 1.29 is 4.79 Å². The highest BCUT2D eigenvalue weighted by Gasteiger charge is 2.15. The molecule has 0 radical (unpaired) electrons. The molecule has 0 aromatic carbocycles. The molecule has 0 bridgehead atoms. The molecule has 1 amide bonds. The maximum Gasteiger partial charge on any atom is 0.256 e. The van der Waals surface area contributed by atoms with Crippen molar-refractivity contribution in [3.63, 3.8) is 0 Å². The quantitative estimate of drug-likeness (QED) is 0.696. The summed E-state index contributed by atoms with van der Waals surface area (Å²) in [4.78, 5) is 17.7. The van der Waals surface area contributed by atoms with Gasteiger partial charge in [-0.15, -0.1) is 6.42 Å². The van der Waals surface area contributed by atoms with E-state index in [1.165, 1.54) is 0 Å². The van der Waals surface area contributed by atoms with Gasteiger partial charge in [0.25, 0.3) is 5.91 Å². The van der Waals surface area contributed by atoms with Crippen LogP contribution in [0.1, 0.15) is 23.0 Å². The summed E-state index contributed by atoms with van der Waals surface area (Å²) >= 11 is 0. The van der Waals surface area contributed by atoms with E-state index < -0.39 is 0 Å². The number of hydrogen-bond acceptors (Lipinski definition) is 2. The van der Waals surface area contributed by atoms with Crippen molar-refractivity contribution in [2.45, 2.75) is 13.8 Å². The fourth-order valence-electron chi connectivity index (χ4n) is 1.32. The smallest absolute Gasteiger partial charge is 0.256 e. The van der Waals surface area contributed by atoms with E-state index in [9.17, 15) is 4.79 Å². The molecule has 15 heavy (non-hydrogen) atoms. The Morgan fingerprint density at radius 3 is 2.93 bits per heavy atom. The zero-order valence-electron chi connectivity index (χ0n) is 9.03. The van der Waals surface area contributed by atoms with Crippen LogP contribution in [-0.4, -0.2) is 28.9 Å². The number of aromatic nitrogens is 1. The number of pyridine rings is 1. The van der Waals surface area contributed by atoms with E-state index in [0.717, 1.165) is 5.69 Å². The second kappa shape index (κ2) is 5.16. The summed E-state index contributed by atoms with van der Waals surface area (Å²) in [5.41, 5.74) is 1.35. The Bertz CT molecular complexity index is 393. The van der Waals surface area contributed by atoms with Gasteiger partial charge in [0.05, 0.1) is 12.1 Å². The van der Waals surface area contributed by atoms with Crippen LogP contribution in [0, 0.1) is 19.3 Å². The van der Waals surface area contributed by atoms with Crippen LogP contribution in [0.4, 0.5) is 0 Å². The SMILES string of the molecule is C#CCN(CC)C(=O)c1cccnc1C. The van der Waals surface area contributed by atoms with E-state index >= 15 is 0 Å². The number of carbonyl (C=O) groups excluding carboxylic acids is 1. The molecule has 0 spiro atoms. The molecule has 0 N–H and O–H groups in total. The summed E-state index contributed by atoms with van der Waals surface area (Å²) in [6.45, 7) is 4.67. The molecule has 0 unspecified atom stereocenters. The fourth-order valence-corrected chi connectivity index (χ4v) is 1.32. The monoisotopic (exact) mass is 202 g/mol. The maximum atomic E-state index is 12.0. The minimum Gasteiger partial charge on any atom is -0.328 e. The van der Waals surface area contributed by atoms with E-state index in [0.29, 0.717) is 18.7 Å². The van der Waals surface area contributed by atoms with Gasteiger partial charge in [-0.25, -0.2) is 0 Å². The minimum atomic E-state index is -0.0546. The van der Waals surface area contributed by atoms with Crippen LogP contribution in [0.15, 0.2) is 18.3 Å². The molecule has 0 aliphatic heterocycles. The van der Waals surface area contributed by atoms with Crippen molar-refractivity contribution in [1.82, 2.24) is 9.88 Å². The molecule has 3 nitrogen and oxygen atoms in total. The number of terminal acetylenes is 1. The van der Waals surface area contributed by atoms with E-state index in [-0.39, 0.29) is 5.91 Å². The number of carbonyl (C=O) groups is 1. The van der Waals surface area contributed by atoms with Crippen LogP contribution in [-0.2, 0) is 0 Å². The number of nitrogens with zero attached hydrogens (tertiary/aromatic N) is 2. The number of rotatable bonds is 3. The second-order valence-corrected chi connectivity index (χ2v) is 3.16. The number of hydrogen-bond donors (Lipinski definition) is 0. The van der Waals surface area contributed by atoms with Crippen LogP contribution >= 0.6 is 0 Å². The number of aryl methyl sites for hydroxylation is 1. The van der Waals surface area contributed by atoms with Gasteiger partial charge in [-0.3, -0.25) is 9.78 Å². The third kappa shape index (κ3) is 2.57. The molecule has 78 valence electrons. The van der Waals surface area contributed by atoms with E-state index in [1.807, 2.05) is 13.8 Å². The topological polar surface area (TPSA) is 33.2 Å². The first-order valence-electron chi connectivity index (χ1n) is 4.85. The van der Waals surface area contributed by atoms with Gasteiger partial charge in [0.2, 0.25) is 0 Å². The Morgan fingerprint density at radius 1 is 1.67 bits per heavy atom. The first kappa shape index (κ1) is 11.3. The number of amides is 1. The molecule has 3 heteroatoms. The van der Waals surface area contributed by atoms with Crippen molar-refractivity contribution in [2.75, 3.05) is 13.1 Å². The molecule has 1 aromatic heterocycles. The fraction of sp³-hybridized carbons (Fsp3) is 0.333. The summed E-state index contributed by atoms with van der Waals surface area (Å²) in [6, 6.07) is 3.52. The Labute approximate surface area is 90.1 Å². The lowest BCUT2D eigenvalue weighted by Crippen LogP contribution is -2.31. The average Bonchev–Trinajstić information content (AvgIpc) is 2.25.